The average Bonchev–Trinajstić information content (AvgIpc) is 3.24. The lowest BCUT2D eigenvalue weighted by Crippen LogP contribution is -2.19. The zero-order valence-electron chi connectivity index (χ0n) is 11.8. The Bertz CT molecular complexity index is 555. The molecule has 0 bridgehead atoms. The maximum Gasteiger partial charge on any atom is 0.0413 e. The van der Waals surface area contributed by atoms with Crippen molar-refractivity contribution in [1.29, 1.82) is 0 Å². The lowest BCUT2D eigenvalue weighted by molar-refractivity contribution is 0.813. The van der Waals surface area contributed by atoms with Crippen LogP contribution in [0.25, 0.3) is 0 Å². The molecule has 0 aromatic heterocycles. The van der Waals surface area contributed by atoms with Crippen LogP contribution in [0.15, 0.2) is 48.5 Å². The van der Waals surface area contributed by atoms with E-state index in [1.165, 1.54) is 35.3 Å². The van der Waals surface area contributed by atoms with Crippen molar-refractivity contribution < 1.29 is 0 Å². The Hall–Kier alpha value is -1.76. The van der Waals surface area contributed by atoms with Crippen molar-refractivity contribution in [1.82, 2.24) is 0 Å². The quantitative estimate of drug-likeness (QED) is 0.750. The highest BCUT2D eigenvalue weighted by Gasteiger charge is 2.25. The predicted octanol–water partition coefficient (Wildman–Crippen LogP) is 4.85. The molecule has 1 saturated carbocycles. The van der Waals surface area contributed by atoms with E-state index in [0.717, 1.165) is 12.5 Å². The zero-order valence-corrected chi connectivity index (χ0v) is 11.8. The van der Waals surface area contributed by atoms with Crippen molar-refractivity contribution in [2.75, 3.05) is 11.4 Å². The predicted molar refractivity (Wildman–Crippen MR) is 82.1 cm³/mol. The molecule has 19 heavy (non-hydrogen) atoms. The molecule has 0 atom stereocenters. The first-order valence-corrected chi connectivity index (χ1v) is 7.14. The Morgan fingerprint density at radius 3 is 2.26 bits per heavy atom. The molecule has 1 heteroatoms. The smallest absolute Gasteiger partial charge is 0.0413 e. The number of nitrogens with zero attached hydrogens (tertiary/aromatic N) is 1. The van der Waals surface area contributed by atoms with Crippen molar-refractivity contribution in [2.45, 2.75) is 26.7 Å². The summed E-state index contributed by atoms with van der Waals surface area (Å²) in [5, 5.41) is 0. The van der Waals surface area contributed by atoms with Gasteiger partial charge in [-0.15, -0.1) is 0 Å². The second-order valence-electron chi connectivity index (χ2n) is 5.66. The third-order valence-electron chi connectivity index (χ3n) is 4.01. The molecule has 0 unspecified atom stereocenters. The van der Waals surface area contributed by atoms with Crippen LogP contribution in [0, 0.1) is 19.8 Å². The molecule has 2 aromatic rings. The van der Waals surface area contributed by atoms with Gasteiger partial charge in [0, 0.05) is 17.9 Å². The first kappa shape index (κ1) is 12.3. The molecule has 0 saturated heterocycles. The molecule has 1 nitrogen and oxygen atoms in total. The largest absolute Gasteiger partial charge is 0.341 e. The van der Waals surface area contributed by atoms with Crippen LogP contribution in [-0.4, -0.2) is 6.54 Å². The van der Waals surface area contributed by atoms with E-state index < -0.39 is 0 Å². The van der Waals surface area contributed by atoms with Gasteiger partial charge in [0.25, 0.3) is 0 Å². The SMILES string of the molecule is Cc1ccc(N(CC2CC2)c2ccccc2)cc1C. The van der Waals surface area contributed by atoms with E-state index in [9.17, 15) is 0 Å². The van der Waals surface area contributed by atoms with E-state index in [-0.39, 0.29) is 0 Å². The summed E-state index contributed by atoms with van der Waals surface area (Å²) in [7, 11) is 0. The molecule has 0 amide bonds. The van der Waals surface area contributed by atoms with Crippen LogP contribution in [-0.2, 0) is 0 Å². The van der Waals surface area contributed by atoms with Crippen LogP contribution >= 0.6 is 0 Å². The van der Waals surface area contributed by atoms with Gasteiger partial charge in [-0.2, -0.15) is 0 Å². The minimum absolute atomic E-state index is 0.877. The zero-order chi connectivity index (χ0) is 13.2. The van der Waals surface area contributed by atoms with Gasteiger partial charge in [0.15, 0.2) is 0 Å². The molecule has 98 valence electrons. The first-order valence-electron chi connectivity index (χ1n) is 7.14. The highest BCUT2D eigenvalue weighted by molar-refractivity contribution is 5.64. The second kappa shape index (κ2) is 5.08. The van der Waals surface area contributed by atoms with Gasteiger partial charge in [0.1, 0.15) is 0 Å². The fourth-order valence-corrected chi connectivity index (χ4v) is 2.42. The van der Waals surface area contributed by atoms with Crippen LogP contribution in [0.2, 0.25) is 0 Å². The van der Waals surface area contributed by atoms with Gasteiger partial charge in [-0.05, 0) is 68.0 Å². The summed E-state index contributed by atoms with van der Waals surface area (Å²) < 4.78 is 0. The topological polar surface area (TPSA) is 3.24 Å². The normalized spacial score (nSPS) is 14.4. The van der Waals surface area contributed by atoms with Gasteiger partial charge in [-0.1, -0.05) is 24.3 Å². The number of anilines is 2. The molecule has 0 spiro atoms. The molecular formula is C18H21N. The van der Waals surface area contributed by atoms with Gasteiger partial charge in [0.05, 0.1) is 0 Å². The van der Waals surface area contributed by atoms with Gasteiger partial charge in [0.2, 0.25) is 0 Å². The molecule has 1 aliphatic rings. The van der Waals surface area contributed by atoms with E-state index >= 15 is 0 Å². The van der Waals surface area contributed by atoms with Crippen molar-refractivity contribution >= 4 is 11.4 Å². The lowest BCUT2D eigenvalue weighted by atomic mass is 10.1. The summed E-state index contributed by atoms with van der Waals surface area (Å²) in [5.74, 6) is 0.877. The van der Waals surface area contributed by atoms with Gasteiger partial charge < -0.3 is 4.90 Å². The van der Waals surface area contributed by atoms with E-state index in [4.69, 9.17) is 0 Å². The molecule has 0 heterocycles. The summed E-state index contributed by atoms with van der Waals surface area (Å²) in [6, 6.07) is 17.5. The fraction of sp³-hybridized carbons (Fsp3) is 0.333. The standard InChI is InChI=1S/C18H21N/c1-14-8-11-18(12-15(14)2)19(13-16-9-10-16)17-6-4-3-5-7-17/h3-8,11-12,16H,9-10,13H2,1-2H3. The van der Waals surface area contributed by atoms with Crippen LogP contribution < -0.4 is 4.90 Å². The maximum absolute atomic E-state index is 2.46. The summed E-state index contributed by atoms with van der Waals surface area (Å²) in [6.45, 7) is 5.51. The van der Waals surface area contributed by atoms with Crippen LogP contribution in [0.4, 0.5) is 11.4 Å². The van der Waals surface area contributed by atoms with E-state index in [2.05, 4.69) is 67.3 Å². The van der Waals surface area contributed by atoms with Gasteiger partial charge in [-0.3, -0.25) is 0 Å². The first-order chi connectivity index (χ1) is 9.24. The monoisotopic (exact) mass is 251 g/mol. The van der Waals surface area contributed by atoms with E-state index in [1.807, 2.05) is 0 Å². The molecule has 2 aromatic carbocycles. The molecule has 1 fully saturated rings. The molecule has 0 N–H and O–H groups in total. The third-order valence-corrected chi connectivity index (χ3v) is 4.01. The Labute approximate surface area is 115 Å². The highest BCUT2D eigenvalue weighted by atomic mass is 15.1. The highest BCUT2D eigenvalue weighted by Crippen LogP contribution is 2.35. The Kier molecular flexibility index (Phi) is 3.29. The average molecular weight is 251 g/mol. The Morgan fingerprint density at radius 2 is 1.63 bits per heavy atom. The lowest BCUT2D eigenvalue weighted by Gasteiger charge is -2.25. The minimum atomic E-state index is 0.877. The summed E-state index contributed by atoms with van der Waals surface area (Å²) >= 11 is 0. The van der Waals surface area contributed by atoms with E-state index in [0.29, 0.717) is 0 Å². The fourth-order valence-electron chi connectivity index (χ4n) is 2.42. The minimum Gasteiger partial charge on any atom is -0.341 e. The number of hydrogen-bond acceptors (Lipinski definition) is 1. The van der Waals surface area contributed by atoms with Crippen molar-refractivity contribution in [3.05, 3.63) is 59.7 Å². The number of para-hydroxylation sites is 1. The van der Waals surface area contributed by atoms with Crippen molar-refractivity contribution in [3.8, 4) is 0 Å². The second-order valence-corrected chi connectivity index (χ2v) is 5.66. The number of hydrogen-bond donors (Lipinski definition) is 0. The molecule has 3 rings (SSSR count). The summed E-state index contributed by atoms with van der Waals surface area (Å²) in [5.41, 5.74) is 5.36. The Balaban J connectivity index is 1.95. The van der Waals surface area contributed by atoms with E-state index in [1.54, 1.807) is 0 Å². The third kappa shape index (κ3) is 2.81. The van der Waals surface area contributed by atoms with Crippen molar-refractivity contribution in [3.63, 3.8) is 0 Å². The molecule has 0 aliphatic heterocycles. The van der Waals surface area contributed by atoms with Crippen LogP contribution in [0.3, 0.4) is 0 Å². The molecule has 0 radical (unpaired) electrons. The van der Waals surface area contributed by atoms with Crippen LogP contribution in [0.1, 0.15) is 24.0 Å². The number of rotatable bonds is 4. The number of aryl methyl sites for hydroxylation is 2. The van der Waals surface area contributed by atoms with Crippen LogP contribution in [0.5, 0.6) is 0 Å². The Morgan fingerprint density at radius 1 is 0.895 bits per heavy atom. The maximum atomic E-state index is 2.46. The van der Waals surface area contributed by atoms with Crippen molar-refractivity contribution in [2.24, 2.45) is 5.92 Å². The molecular weight excluding hydrogens is 230 g/mol. The van der Waals surface area contributed by atoms with Gasteiger partial charge in [-0.25, -0.2) is 0 Å². The van der Waals surface area contributed by atoms with Gasteiger partial charge >= 0.3 is 0 Å². The molecule has 1 aliphatic carbocycles. The summed E-state index contributed by atoms with van der Waals surface area (Å²) in [4.78, 5) is 2.46. The summed E-state index contributed by atoms with van der Waals surface area (Å²) in [6.07, 6.45) is 2.77. The number of benzene rings is 2.